The molecule has 1 unspecified atom stereocenters. The number of esters is 1. The molecule has 0 aliphatic rings. The lowest BCUT2D eigenvalue weighted by Crippen LogP contribution is -2.36. The molecule has 1 atom stereocenters. The molecule has 0 spiro atoms. The van der Waals surface area contributed by atoms with Crippen molar-refractivity contribution >= 4 is 11.9 Å². The molecule has 0 rings (SSSR count). The van der Waals surface area contributed by atoms with Gasteiger partial charge in [-0.15, -0.1) is 0 Å². The van der Waals surface area contributed by atoms with Crippen LogP contribution in [0.2, 0.25) is 0 Å². The fraction of sp³-hybridized carbons (Fsp3) is 0.833. The number of amides is 1. The zero-order valence-electron chi connectivity index (χ0n) is 10.9. The SMILES string of the molecule is COC(=O)C(C)C(=O)N(C)CCCC(C)C. The van der Waals surface area contributed by atoms with E-state index >= 15 is 0 Å². The number of hydrogen-bond donors (Lipinski definition) is 0. The summed E-state index contributed by atoms with van der Waals surface area (Å²) in [5.74, 6) is -0.702. The third kappa shape index (κ3) is 5.14. The van der Waals surface area contributed by atoms with Gasteiger partial charge in [0.15, 0.2) is 0 Å². The first-order valence-corrected chi connectivity index (χ1v) is 5.73. The van der Waals surface area contributed by atoms with Crippen LogP contribution in [0, 0.1) is 11.8 Å². The number of methoxy groups -OCH3 is 1. The van der Waals surface area contributed by atoms with Crippen LogP contribution in [-0.4, -0.2) is 37.5 Å². The first kappa shape index (κ1) is 14.9. The summed E-state index contributed by atoms with van der Waals surface area (Å²) in [6, 6.07) is 0. The summed E-state index contributed by atoms with van der Waals surface area (Å²) in [4.78, 5) is 24.5. The fourth-order valence-corrected chi connectivity index (χ4v) is 1.46. The summed E-state index contributed by atoms with van der Waals surface area (Å²) >= 11 is 0. The number of carbonyl (C=O) groups excluding carboxylic acids is 2. The molecule has 0 N–H and O–H groups in total. The van der Waals surface area contributed by atoms with Crippen molar-refractivity contribution < 1.29 is 14.3 Å². The molecule has 4 heteroatoms. The normalized spacial score (nSPS) is 12.4. The maximum atomic E-state index is 11.7. The number of ether oxygens (including phenoxy) is 1. The van der Waals surface area contributed by atoms with Crippen molar-refractivity contribution in [2.75, 3.05) is 20.7 Å². The van der Waals surface area contributed by atoms with E-state index in [0.29, 0.717) is 12.5 Å². The van der Waals surface area contributed by atoms with Crippen molar-refractivity contribution in [2.45, 2.75) is 33.6 Å². The molecule has 16 heavy (non-hydrogen) atoms. The zero-order chi connectivity index (χ0) is 12.7. The van der Waals surface area contributed by atoms with Crippen molar-refractivity contribution in [1.29, 1.82) is 0 Å². The summed E-state index contributed by atoms with van der Waals surface area (Å²) < 4.78 is 4.54. The second kappa shape index (κ2) is 7.25. The largest absolute Gasteiger partial charge is 0.468 e. The molecule has 1 amide bonds. The quantitative estimate of drug-likeness (QED) is 0.514. The minimum Gasteiger partial charge on any atom is -0.468 e. The number of nitrogens with zero attached hydrogens (tertiary/aromatic N) is 1. The molecule has 0 aliphatic carbocycles. The topological polar surface area (TPSA) is 46.6 Å². The van der Waals surface area contributed by atoms with Gasteiger partial charge in [0.05, 0.1) is 7.11 Å². The highest BCUT2D eigenvalue weighted by Crippen LogP contribution is 2.07. The van der Waals surface area contributed by atoms with E-state index in [-0.39, 0.29) is 5.91 Å². The van der Waals surface area contributed by atoms with E-state index in [1.807, 2.05) is 0 Å². The Kier molecular flexibility index (Phi) is 6.77. The van der Waals surface area contributed by atoms with E-state index in [1.165, 1.54) is 7.11 Å². The molecule has 0 bridgehead atoms. The molecule has 94 valence electrons. The molecule has 0 aromatic carbocycles. The Morgan fingerprint density at radius 2 is 1.81 bits per heavy atom. The fourth-order valence-electron chi connectivity index (χ4n) is 1.46. The predicted octanol–water partition coefficient (Wildman–Crippen LogP) is 1.69. The standard InChI is InChI=1S/C12H23NO3/c1-9(2)7-6-8-13(4)11(14)10(3)12(15)16-5/h9-10H,6-8H2,1-5H3. The van der Waals surface area contributed by atoms with E-state index in [2.05, 4.69) is 18.6 Å². The van der Waals surface area contributed by atoms with Gasteiger partial charge in [-0.3, -0.25) is 9.59 Å². The van der Waals surface area contributed by atoms with Gasteiger partial charge < -0.3 is 9.64 Å². The van der Waals surface area contributed by atoms with Crippen LogP contribution < -0.4 is 0 Å². The first-order chi connectivity index (χ1) is 7.40. The Morgan fingerprint density at radius 3 is 2.25 bits per heavy atom. The maximum absolute atomic E-state index is 11.7. The van der Waals surface area contributed by atoms with E-state index in [9.17, 15) is 9.59 Å². The minimum atomic E-state index is -0.700. The van der Waals surface area contributed by atoms with Crippen LogP contribution in [0.25, 0.3) is 0 Å². The molecule has 4 nitrogen and oxygen atoms in total. The van der Waals surface area contributed by atoms with Crippen molar-refractivity contribution in [3.8, 4) is 0 Å². The molecular weight excluding hydrogens is 206 g/mol. The van der Waals surface area contributed by atoms with Gasteiger partial charge in [-0.25, -0.2) is 0 Å². The van der Waals surface area contributed by atoms with Gasteiger partial charge in [-0.2, -0.15) is 0 Å². The number of hydrogen-bond acceptors (Lipinski definition) is 3. The Balaban J connectivity index is 4.03. The van der Waals surface area contributed by atoms with Gasteiger partial charge in [0, 0.05) is 13.6 Å². The smallest absolute Gasteiger partial charge is 0.317 e. The Labute approximate surface area is 98.0 Å². The molecule has 0 saturated carbocycles. The lowest BCUT2D eigenvalue weighted by Gasteiger charge is -2.20. The van der Waals surface area contributed by atoms with Gasteiger partial charge >= 0.3 is 5.97 Å². The summed E-state index contributed by atoms with van der Waals surface area (Å²) in [6.07, 6.45) is 2.05. The highest BCUT2D eigenvalue weighted by Gasteiger charge is 2.24. The van der Waals surface area contributed by atoms with Crippen molar-refractivity contribution in [3.05, 3.63) is 0 Å². The Hall–Kier alpha value is -1.06. The van der Waals surface area contributed by atoms with E-state index in [1.54, 1.807) is 18.9 Å². The number of carbonyl (C=O) groups is 2. The van der Waals surface area contributed by atoms with Crippen LogP contribution in [0.15, 0.2) is 0 Å². The molecule has 0 aliphatic heterocycles. The molecule has 0 aromatic heterocycles. The van der Waals surface area contributed by atoms with Crippen LogP contribution in [0.1, 0.15) is 33.6 Å². The molecular formula is C12H23NO3. The summed E-state index contributed by atoms with van der Waals surface area (Å²) in [7, 11) is 3.02. The Bertz CT molecular complexity index is 238. The van der Waals surface area contributed by atoms with Crippen LogP contribution >= 0.6 is 0 Å². The number of rotatable bonds is 6. The van der Waals surface area contributed by atoms with Gasteiger partial charge in [0.25, 0.3) is 0 Å². The van der Waals surface area contributed by atoms with E-state index in [0.717, 1.165) is 12.8 Å². The lowest BCUT2D eigenvalue weighted by atomic mass is 10.1. The van der Waals surface area contributed by atoms with Crippen molar-refractivity contribution in [3.63, 3.8) is 0 Å². The average Bonchev–Trinajstić information content (AvgIpc) is 2.25. The maximum Gasteiger partial charge on any atom is 0.317 e. The van der Waals surface area contributed by atoms with Crippen LogP contribution in [0.5, 0.6) is 0 Å². The third-order valence-electron chi connectivity index (χ3n) is 2.58. The summed E-state index contributed by atoms with van der Waals surface area (Å²) in [5.41, 5.74) is 0. The predicted molar refractivity (Wildman–Crippen MR) is 62.9 cm³/mol. The second-order valence-corrected chi connectivity index (χ2v) is 4.54. The second-order valence-electron chi connectivity index (χ2n) is 4.54. The summed E-state index contributed by atoms with van der Waals surface area (Å²) in [6.45, 7) is 6.57. The average molecular weight is 229 g/mol. The van der Waals surface area contributed by atoms with Gasteiger partial charge in [-0.1, -0.05) is 13.8 Å². The minimum absolute atomic E-state index is 0.171. The van der Waals surface area contributed by atoms with Crippen LogP contribution in [0.4, 0.5) is 0 Å². The van der Waals surface area contributed by atoms with Gasteiger partial charge in [-0.05, 0) is 25.7 Å². The summed E-state index contributed by atoms with van der Waals surface area (Å²) in [5, 5.41) is 0. The van der Waals surface area contributed by atoms with Crippen LogP contribution in [-0.2, 0) is 14.3 Å². The van der Waals surface area contributed by atoms with Gasteiger partial charge in [0.1, 0.15) is 5.92 Å². The highest BCUT2D eigenvalue weighted by atomic mass is 16.5. The monoisotopic (exact) mass is 229 g/mol. The molecule has 0 saturated heterocycles. The highest BCUT2D eigenvalue weighted by molar-refractivity contribution is 5.97. The van der Waals surface area contributed by atoms with Crippen molar-refractivity contribution in [1.82, 2.24) is 4.90 Å². The molecule has 0 fully saturated rings. The zero-order valence-corrected chi connectivity index (χ0v) is 10.9. The molecule has 0 aromatic rings. The van der Waals surface area contributed by atoms with Gasteiger partial charge in [0.2, 0.25) is 5.91 Å². The Morgan fingerprint density at radius 1 is 1.25 bits per heavy atom. The third-order valence-corrected chi connectivity index (χ3v) is 2.58. The van der Waals surface area contributed by atoms with E-state index in [4.69, 9.17) is 0 Å². The van der Waals surface area contributed by atoms with Crippen molar-refractivity contribution in [2.24, 2.45) is 11.8 Å². The molecule has 0 heterocycles. The molecule has 0 radical (unpaired) electrons. The van der Waals surface area contributed by atoms with Crippen LogP contribution in [0.3, 0.4) is 0 Å². The lowest BCUT2D eigenvalue weighted by molar-refractivity contribution is -0.152. The van der Waals surface area contributed by atoms with E-state index < -0.39 is 11.9 Å². The first-order valence-electron chi connectivity index (χ1n) is 5.73.